The Morgan fingerprint density at radius 2 is 2.09 bits per heavy atom. The monoisotopic (exact) mass is 318 g/mol. The number of carbonyl (C=O) groups excluding carboxylic acids is 1. The largest absolute Gasteiger partial charge is 0.478 e. The molecule has 1 N–H and O–H groups in total. The fraction of sp³-hybridized carbons (Fsp3) is 0.700. The van der Waals surface area contributed by atoms with Crippen LogP contribution in [-0.4, -0.2) is 16.9 Å². The van der Waals surface area contributed by atoms with Gasteiger partial charge in [0.2, 0.25) is 0 Å². The highest BCUT2D eigenvalue weighted by molar-refractivity contribution is 5.92. The van der Waals surface area contributed by atoms with E-state index in [1.165, 1.54) is 18.1 Å². The van der Waals surface area contributed by atoms with Gasteiger partial charge in [-0.2, -0.15) is 0 Å². The number of aliphatic carboxylic acids is 1. The molecule has 3 heteroatoms. The molecule has 1 fully saturated rings. The molecule has 0 heterocycles. The maximum Gasteiger partial charge on any atom is 0.328 e. The van der Waals surface area contributed by atoms with Crippen molar-refractivity contribution in [3.05, 3.63) is 23.3 Å². The van der Waals surface area contributed by atoms with Gasteiger partial charge in [-0.3, -0.25) is 4.79 Å². The summed E-state index contributed by atoms with van der Waals surface area (Å²) in [4.78, 5) is 23.0. The van der Waals surface area contributed by atoms with Crippen LogP contribution in [0.5, 0.6) is 0 Å². The number of ketones is 1. The minimum atomic E-state index is -0.874. The molecule has 0 spiro atoms. The summed E-state index contributed by atoms with van der Waals surface area (Å²) in [5.74, 6) is 0.287. The molecule has 0 radical (unpaired) electrons. The minimum absolute atomic E-state index is 0.0752. The zero-order valence-electron chi connectivity index (χ0n) is 15.1. The first-order valence-electron chi connectivity index (χ1n) is 8.71. The third-order valence-corrected chi connectivity index (χ3v) is 6.90. The van der Waals surface area contributed by atoms with Crippen LogP contribution in [0, 0.1) is 22.7 Å². The number of hydrogen-bond acceptors (Lipinski definition) is 2. The molecule has 0 unspecified atom stereocenters. The van der Waals surface area contributed by atoms with Crippen molar-refractivity contribution in [2.24, 2.45) is 22.7 Å². The van der Waals surface area contributed by atoms with Crippen LogP contribution in [0.2, 0.25) is 0 Å². The third kappa shape index (κ3) is 3.29. The number of carboxylic acid groups (broad SMARTS) is 1. The number of fused-ring (bicyclic) bond motifs is 1. The number of carbonyl (C=O) groups is 2. The molecule has 0 aromatic heterocycles. The van der Waals surface area contributed by atoms with Crippen LogP contribution in [0.4, 0.5) is 0 Å². The van der Waals surface area contributed by atoms with Crippen molar-refractivity contribution in [3.8, 4) is 0 Å². The SMILES string of the molecule is CC1=CC(=O)C[C@H]2[C@@](C)(CC/C(C)=C\C(=O)O)[C@H](C)CC[C@]12C. The van der Waals surface area contributed by atoms with Gasteiger partial charge in [-0.05, 0) is 68.3 Å². The summed E-state index contributed by atoms with van der Waals surface area (Å²) < 4.78 is 0. The summed E-state index contributed by atoms with van der Waals surface area (Å²) in [5, 5.41) is 8.91. The van der Waals surface area contributed by atoms with Crippen molar-refractivity contribution in [3.63, 3.8) is 0 Å². The van der Waals surface area contributed by atoms with E-state index in [4.69, 9.17) is 5.11 Å². The summed E-state index contributed by atoms with van der Waals surface area (Å²) >= 11 is 0. The summed E-state index contributed by atoms with van der Waals surface area (Å²) in [7, 11) is 0. The zero-order valence-corrected chi connectivity index (χ0v) is 15.1. The molecular weight excluding hydrogens is 288 g/mol. The van der Waals surface area contributed by atoms with E-state index in [0.29, 0.717) is 18.3 Å². The van der Waals surface area contributed by atoms with Crippen molar-refractivity contribution < 1.29 is 14.7 Å². The van der Waals surface area contributed by atoms with Gasteiger partial charge >= 0.3 is 5.97 Å². The number of allylic oxidation sites excluding steroid dienone is 3. The highest BCUT2D eigenvalue weighted by Crippen LogP contribution is 2.61. The smallest absolute Gasteiger partial charge is 0.328 e. The Hall–Kier alpha value is -1.38. The Labute approximate surface area is 139 Å². The van der Waals surface area contributed by atoms with Crippen LogP contribution in [-0.2, 0) is 9.59 Å². The van der Waals surface area contributed by atoms with Gasteiger partial charge in [0.25, 0.3) is 0 Å². The second-order valence-electron chi connectivity index (χ2n) is 8.24. The standard InChI is InChI=1S/C20H30O3/c1-13(10-18(22)23)6-8-19(4)14(2)7-9-20(5)15(3)11-16(21)12-17(19)20/h10-11,14,17H,6-9,12H2,1-5H3,(H,22,23)/b13-10-/t14-,17+,19+,20-/m1/s1. The van der Waals surface area contributed by atoms with Crippen molar-refractivity contribution in [1.82, 2.24) is 0 Å². The van der Waals surface area contributed by atoms with Crippen LogP contribution >= 0.6 is 0 Å². The Morgan fingerprint density at radius 1 is 1.43 bits per heavy atom. The molecule has 0 aromatic rings. The lowest BCUT2D eigenvalue weighted by Gasteiger charge is -2.57. The minimum Gasteiger partial charge on any atom is -0.478 e. The second-order valence-corrected chi connectivity index (χ2v) is 8.24. The fourth-order valence-corrected chi connectivity index (χ4v) is 4.86. The Balaban J connectivity index is 2.29. The Morgan fingerprint density at radius 3 is 2.70 bits per heavy atom. The molecule has 0 bridgehead atoms. The predicted octanol–water partition coefficient (Wildman–Crippen LogP) is 4.78. The van der Waals surface area contributed by atoms with Gasteiger partial charge in [0.05, 0.1) is 0 Å². The predicted molar refractivity (Wildman–Crippen MR) is 92.1 cm³/mol. The van der Waals surface area contributed by atoms with E-state index in [0.717, 1.165) is 24.8 Å². The molecule has 3 nitrogen and oxygen atoms in total. The number of hydrogen-bond donors (Lipinski definition) is 1. The third-order valence-electron chi connectivity index (χ3n) is 6.90. The van der Waals surface area contributed by atoms with Gasteiger partial charge in [-0.1, -0.05) is 31.9 Å². The lowest BCUT2D eigenvalue weighted by atomic mass is 9.47. The van der Waals surface area contributed by atoms with Gasteiger partial charge in [-0.25, -0.2) is 4.79 Å². The molecule has 2 aliphatic rings. The molecule has 23 heavy (non-hydrogen) atoms. The van der Waals surface area contributed by atoms with Crippen LogP contribution < -0.4 is 0 Å². The lowest BCUT2D eigenvalue weighted by molar-refractivity contribution is -0.131. The first kappa shape index (κ1) is 18.0. The van der Waals surface area contributed by atoms with Crippen LogP contribution in [0.15, 0.2) is 23.3 Å². The van der Waals surface area contributed by atoms with Gasteiger partial charge in [-0.15, -0.1) is 0 Å². The van der Waals surface area contributed by atoms with E-state index >= 15 is 0 Å². The van der Waals surface area contributed by atoms with E-state index in [2.05, 4.69) is 27.7 Å². The van der Waals surface area contributed by atoms with E-state index in [-0.39, 0.29) is 16.6 Å². The molecular formula is C20H30O3. The highest BCUT2D eigenvalue weighted by Gasteiger charge is 2.54. The molecule has 0 saturated heterocycles. The molecule has 2 aliphatic carbocycles. The van der Waals surface area contributed by atoms with Crippen molar-refractivity contribution in [2.75, 3.05) is 0 Å². The fourth-order valence-electron chi connectivity index (χ4n) is 4.86. The lowest BCUT2D eigenvalue weighted by Crippen LogP contribution is -2.50. The molecule has 128 valence electrons. The Bertz CT molecular complexity index is 571. The van der Waals surface area contributed by atoms with Crippen LogP contribution in [0.3, 0.4) is 0 Å². The van der Waals surface area contributed by atoms with E-state index in [1.807, 2.05) is 13.0 Å². The van der Waals surface area contributed by atoms with Gasteiger partial charge in [0.15, 0.2) is 5.78 Å². The zero-order chi connectivity index (χ0) is 17.4. The number of carboxylic acids is 1. The van der Waals surface area contributed by atoms with Crippen molar-refractivity contribution in [2.45, 2.75) is 66.7 Å². The molecule has 2 rings (SSSR count). The van der Waals surface area contributed by atoms with Crippen LogP contribution in [0.25, 0.3) is 0 Å². The average Bonchev–Trinajstić information content (AvgIpc) is 2.44. The van der Waals surface area contributed by atoms with Crippen molar-refractivity contribution >= 4 is 11.8 Å². The first-order chi connectivity index (χ1) is 10.6. The summed E-state index contributed by atoms with van der Waals surface area (Å²) in [6, 6.07) is 0. The van der Waals surface area contributed by atoms with Gasteiger partial charge in [0, 0.05) is 12.5 Å². The number of rotatable bonds is 4. The average molecular weight is 318 g/mol. The van der Waals surface area contributed by atoms with E-state index < -0.39 is 5.97 Å². The molecule has 0 aliphatic heterocycles. The molecule has 0 amide bonds. The van der Waals surface area contributed by atoms with Crippen LogP contribution in [0.1, 0.15) is 66.7 Å². The van der Waals surface area contributed by atoms with Gasteiger partial charge < -0.3 is 5.11 Å². The first-order valence-corrected chi connectivity index (χ1v) is 8.71. The Kier molecular flexibility index (Phi) is 4.89. The summed E-state index contributed by atoms with van der Waals surface area (Å²) in [6.07, 6.45) is 7.85. The maximum absolute atomic E-state index is 12.2. The van der Waals surface area contributed by atoms with Gasteiger partial charge in [0.1, 0.15) is 0 Å². The van der Waals surface area contributed by atoms with E-state index in [9.17, 15) is 9.59 Å². The quantitative estimate of drug-likeness (QED) is 0.759. The highest BCUT2D eigenvalue weighted by atomic mass is 16.4. The van der Waals surface area contributed by atoms with Crippen molar-refractivity contribution in [1.29, 1.82) is 0 Å². The topological polar surface area (TPSA) is 54.4 Å². The summed E-state index contributed by atoms with van der Waals surface area (Å²) in [5.41, 5.74) is 2.33. The summed E-state index contributed by atoms with van der Waals surface area (Å²) in [6.45, 7) is 10.9. The molecule has 4 atom stereocenters. The normalized spacial score (nSPS) is 38.0. The molecule has 0 aromatic carbocycles. The van der Waals surface area contributed by atoms with E-state index in [1.54, 1.807) is 0 Å². The maximum atomic E-state index is 12.2. The second kappa shape index (κ2) is 6.26. The molecule has 1 saturated carbocycles.